The quantitative estimate of drug-likeness (QED) is 0.485. The predicted molar refractivity (Wildman–Crippen MR) is 83.8 cm³/mol. The van der Waals surface area contributed by atoms with Gasteiger partial charge in [0.1, 0.15) is 0 Å². The standard InChI is InChI=1S/C17H33NO2/c1-3-8-15-10-12-16(13-11-15)18-14-7-5-6-9-17(19)20-4-2/h15-16,18H,3-14H2,1-2H3. The molecule has 0 heterocycles. The first-order valence-electron chi connectivity index (χ1n) is 8.65. The Kier molecular flexibility index (Phi) is 9.73. The maximum absolute atomic E-state index is 11.2. The average molecular weight is 283 g/mol. The molecule has 1 fully saturated rings. The molecule has 0 unspecified atom stereocenters. The molecular weight excluding hydrogens is 250 g/mol. The van der Waals surface area contributed by atoms with Crippen LogP contribution in [0, 0.1) is 5.92 Å². The summed E-state index contributed by atoms with van der Waals surface area (Å²) in [7, 11) is 0. The van der Waals surface area contributed by atoms with Gasteiger partial charge in [0, 0.05) is 12.5 Å². The van der Waals surface area contributed by atoms with E-state index in [1.54, 1.807) is 0 Å². The number of carbonyl (C=O) groups excluding carboxylic acids is 1. The average Bonchev–Trinajstić information content (AvgIpc) is 2.45. The van der Waals surface area contributed by atoms with Crippen LogP contribution >= 0.6 is 0 Å². The van der Waals surface area contributed by atoms with E-state index >= 15 is 0 Å². The fourth-order valence-electron chi connectivity index (χ4n) is 3.17. The minimum absolute atomic E-state index is 0.0466. The van der Waals surface area contributed by atoms with Crippen LogP contribution < -0.4 is 5.32 Å². The van der Waals surface area contributed by atoms with Crippen molar-refractivity contribution >= 4 is 5.97 Å². The molecule has 0 atom stereocenters. The van der Waals surface area contributed by atoms with E-state index in [4.69, 9.17) is 4.74 Å². The van der Waals surface area contributed by atoms with Crippen LogP contribution in [0.25, 0.3) is 0 Å². The monoisotopic (exact) mass is 283 g/mol. The molecule has 1 saturated carbocycles. The molecule has 1 aliphatic rings. The van der Waals surface area contributed by atoms with Crippen molar-refractivity contribution in [3.63, 3.8) is 0 Å². The topological polar surface area (TPSA) is 38.3 Å². The molecule has 0 aliphatic heterocycles. The molecule has 0 bridgehead atoms. The van der Waals surface area contributed by atoms with E-state index in [0.29, 0.717) is 13.0 Å². The summed E-state index contributed by atoms with van der Waals surface area (Å²) >= 11 is 0. The Morgan fingerprint density at radius 3 is 2.50 bits per heavy atom. The highest BCUT2D eigenvalue weighted by molar-refractivity contribution is 5.69. The number of esters is 1. The van der Waals surface area contributed by atoms with Gasteiger partial charge >= 0.3 is 5.97 Å². The Morgan fingerprint density at radius 2 is 1.85 bits per heavy atom. The zero-order chi connectivity index (χ0) is 14.6. The Hall–Kier alpha value is -0.570. The summed E-state index contributed by atoms with van der Waals surface area (Å²) < 4.78 is 4.92. The summed E-state index contributed by atoms with van der Waals surface area (Å²) in [5, 5.41) is 3.68. The summed E-state index contributed by atoms with van der Waals surface area (Å²) in [4.78, 5) is 11.2. The van der Waals surface area contributed by atoms with Crippen LogP contribution in [-0.2, 0) is 9.53 Å². The molecule has 3 nitrogen and oxygen atoms in total. The lowest BCUT2D eigenvalue weighted by Crippen LogP contribution is -2.33. The Bertz CT molecular complexity index is 247. The minimum Gasteiger partial charge on any atom is -0.466 e. The van der Waals surface area contributed by atoms with Crippen molar-refractivity contribution in [2.24, 2.45) is 5.92 Å². The normalized spacial score (nSPS) is 22.7. The second-order valence-corrected chi connectivity index (χ2v) is 6.08. The third kappa shape index (κ3) is 7.88. The highest BCUT2D eigenvalue weighted by Crippen LogP contribution is 2.27. The maximum atomic E-state index is 11.2. The number of rotatable bonds is 10. The lowest BCUT2D eigenvalue weighted by atomic mass is 9.83. The van der Waals surface area contributed by atoms with Crippen LogP contribution in [0.4, 0.5) is 0 Å². The van der Waals surface area contributed by atoms with E-state index in [-0.39, 0.29) is 5.97 Å². The van der Waals surface area contributed by atoms with Gasteiger partial charge in [0.15, 0.2) is 0 Å². The maximum Gasteiger partial charge on any atom is 0.305 e. The predicted octanol–water partition coefficient (Wildman–Crippen LogP) is 4.06. The zero-order valence-corrected chi connectivity index (χ0v) is 13.5. The Balaban J connectivity index is 1.91. The van der Waals surface area contributed by atoms with Gasteiger partial charge in [0.25, 0.3) is 0 Å². The largest absolute Gasteiger partial charge is 0.466 e. The molecule has 0 aromatic rings. The molecule has 0 aromatic carbocycles. The summed E-state index contributed by atoms with van der Waals surface area (Å²) in [5.41, 5.74) is 0. The van der Waals surface area contributed by atoms with Crippen molar-refractivity contribution in [2.75, 3.05) is 13.2 Å². The van der Waals surface area contributed by atoms with E-state index in [0.717, 1.165) is 31.3 Å². The van der Waals surface area contributed by atoms with E-state index in [9.17, 15) is 4.79 Å². The summed E-state index contributed by atoms with van der Waals surface area (Å²) in [6.07, 6.45) is 12.1. The molecule has 3 heteroatoms. The number of hydrogen-bond acceptors (Lipinski definition) is 3. The first-order chi connectivity index (χ1) is 9.76. The van der Waals surface area contributed by atoms with Crippen molar-refractivity contribution in [3.05, 3.63) is 0 Å². The molecule has 1 rings (SSSR count). The molecule has 0 aromatic heterocycles. The van der Waals surface area contributed by atoms with Gasteiger partial charge in [0.2, 0.25) is 0 Å². The number of carbonyl (C=O) groups is 1. The van der Waals surface area contributed by atoms with Crippen LogP contribution in [0.15, 0.2) is 0 Å². The molecule has 0 radical (unpaired) electrons. The van der Waals surface area contributed by atoms with Crippen molar-refractivity contribution in [1.29, 1.82) is 0 Å². The molecule has 0 saturated heterocycles. The second-order valence-electron chi connectivity index (χ2n) is 6.08. The molecule has 20 heavy (non-hydrogen) atoms. The van der Waals surface area contributed by atoms with E-state index < -0.39 is 0 Å². The Morgan fingerprint density at radius 1 is 1.10 bits per heavy atom. The minimum atomic E-state index is -0.0466. The number of unbranched alkanes of at least 4 members (excludes halogenated alkanes) is 2. The van der Waals surface area contributed by atoms with Gasteiger partial charge in [-0.3, -0.25) is 4.79 Å². The summed E-state index contributed by atoms with van der Waals surface area (Å²) in [5.74, 6) is 0.942. The second kappa shape index (κ2) is 11.1. The van der Waals surface area contributed by atoms with Crippen LogP contribution in [0.3, 0.4) is 0 Å². The van der Waals surface area contributed by atoms with Gasteiger partial charge in [-0.1, -0.05) is 26.2 Å². The smallest absolute Gasteiger partial charge is 0.305 e. The summed E-state index contributed by atoms with van der Waals surface area (Å²) in [6, 6.07) is 0.744. The molecule has 1 N–H and O–H groups in total. The van der Waals surface area contributed by atoms with Gasteiger partial charge in [-0.2, -0.15) is 0 Å². The van der Waals surface area contributed by atoms with E-state index in [1.165, 1.54) is 44.9 Å². The SMILES string of the molecule is CCCC1CCC(NCCCCCC(=O)OCC)CC1. The number of nitrogens with one attached hydrogen (secondary N) is 1. The van der Waals surface area contributed by atoms with E-state index in [2.05, 4.69) is 12.2 Å². The van der Waals surface area contributed by atoms with Gasteiger partial charge < -0.3 is 10.1 Å². The highest BCUT2D eigenvalue weighted by atomic mass is 16.5. The molecule has 1 aliphatic carbocycles. The van der Waals surface area contributed by atoms with E-state index in [1.807, 2.05) is 6.92 Å². The van der Waals surface area contributed by atoms with Gasteiger partial charge in [-0.25, -0.2) is 0 Å². The third-order valence-corrected chi connectivity index (χ3v) is 4.34. The van der Waals surface area contributed by atoms with Crippen LogP contribution in [0.1, 0.15) is 78.1 Å². The van der Waals surface area contributed by atoms with Crippen molar-refractivity contribution < 1.29 is 9.53 Å². The van der Waals surface area contributed by atoms with Crippen molar-refractivity contribution in [3.8, 4) is 0 Å². The number of hydrogen-bond donors (Lipinski definition) is 1. The van der Waals surface area contributed by atoms with Gasteiger partial charge in [-0.05, 0) is 57.9 Å². The van der Waals surface area contributed by atoms with Crippen LogP contribution in [0.2, 0.25) is 0 Å². The van der Waals surface area contributed by atoms with Crippen molar-refractivity contribution in [2.45, 2.75) is 84.1 Å². The van der Waals surface area contributed by atoms with Gasteiger partial charge in [0.05, 0.1) is 6.61 Å². The molecule has 118 valence electrons. The lowest BCUT2D eigenvalue weighted by Gasteiger charge is -2.29. The van der Waals surface area contributed by atoms with Crippen LogP contribution in [0.5, 0.6) is 0 Å². The molecule has 0 amide bonds. The Labute approximate surface area is 124 Å². The zero-order valence-electron chi connectivity index (χ0n) is 13.5. The summed E-state index contributed by atoms with van der Waals surface area (Å²) in [6.45, 7) is 5.75. The third-order valence-electron chi connectivity index (χ3n) is 4.34. The lowest BCUT2D eigenvalue weighted by molar-refractivity contribution is -0.143. The fraction of sp³-hybridized carbons (Fsp3) is 0.941. The van der Waals surface area contributed by atoms with Crippen LogP contribution in [-0.4, -0.2) is 25.2 Å². The fourth-order valence-corrected chi connectivity index (χ4v) is 3.17. The first-order valence-corrected chi connectivity index (χ1v) is 8.65. The van der Waals surface area contributed by atoms with Gasteiger partial charge in [-0.15, -0.1) is 0 Å². The highest BCUT2D eigenvalue weighted by Gasteiger charge is 2.19. The first kappa shape index (κ1) is 17.5. The molecular formula is C17H33NO2. The van der Waals surface area contributed by atoms with Crippen molar-refractivity contribution in [1.82, 2.24) is 5.32 Å². The molecule has 0 spiro atoms. The number of ether oxygens (including phenoxy) is 1.